The van der Waals surface area contributed by atoms with Crippen LogP contribution in [0.15, 0.2) is 12.1 Å². The first-order valence-corrected chi connectivity index (χ1v) is 6.40. The molecule has 1 aromatic rings. The van der Waals surface area contributed by atoms with Crippen LogP contribution in [0.4, 0.5) is 0 Å². The van der Waals surface area contributed by atoms with Gasteiger partial charge in [-0.2, -0.15) is 0 Å². The number of nitrogens with one attached hydrogen (secondary N) is 1. The zero-order chi connectivity index (χ0) is 14.1. The second-order valence-electron chi connectivity index (χ2n) is 3.96. The molecule has 0 amide bonds. The van der Waals surface area contributed by atoms with Gasteiger partial charge in [-0.25, -0.2) is 0 Å². The number of hydrogen-bond acceptors (Lipinski definition) is 5. The molecule has 0 aliphatic rings. The van der Waals surface area contributed by atoms with Gasteiger partial charge in [-0.1, -0.05) is 6.92 Å². The third kappa shape index (κ3) is 4.52. The number of benzene rings is 1. The maximum absolute atomic E-state index is 5.66. The minimum atomic E-state index is 0.571. The van der Waals surface area contributed by atoms with Gasteiger partial charge in [0.2, 0.25) is 5.75 Å². The van der Waals surface area contributed by atoms with Crippen molar-refractivity contribution in [1.29, 1.82) is 0 Å². The van der Waals surface area contributed by atoms with Crippen molar-refractivity contribution in [3.8, 4) is 23.0 Å². The molecule has 1 N–H and O–H groups in total. The summed E-state index contributed by atoms with van der Waals surface area (Å²) in [7, 11) is 4.75. The smallest absolute Gasteiger partial charge is 0.203 e. The first kappa shape index (κ1) is 15.4. The molecule has 5 nitrogen and oxygen atoms in total. The van der Waals surface area contributed by atoms with Crippen LogP contribution < -0.4 is 24.3 Å². The minimum Gasteiger partial charge on any atom is -0.493 e. The summed E-state index contributed by atoms with van der Waals surface area (Å²) in [5, 5.41) is 3.27. The van der Waals surface area contributed by atoms with Gasteiger partial charge in [-0.3, -0.25) is 0 Å². The van der Waals surface area contributed by atoms with E-state index < -0.39 is 0 Å². The first-order valence-electron chi connectivity index (χ1n) is 6.40. The van der Waals surface area contributed by atoms with Gasteiger partial charge in [0, 0.05) is 18.7 Å². The fraction of sp³-hybridized carbons (Fsp3) is 0.571. The maximum atomic E-state index is 5.66. The maximum Gasteiger partial charge on any atom is 0.203 e. The summed E-state index contributed by atoms with van der Waals surface area (Å²) in [5.74, 6) is 2.46. The fourth-order valence-electron chi connectivity index (χ4n) is 1.68. The molecule has 0 radical (unpaired) electrons. The third-order valence-electron chi connectivity index (χ3n) is 2.61. The Hall–Kier alpha value is -1.62. The lowest BCUT2D eigenvalue weighted by Crippen LogP contribution is -2.21. The second-order valence-corrected chi connectivity index (χ2v) is 3.96. The predicted octanol–water partition coefficient (Wildman–Crippen LogP) is 2.09. The SMILES string of the molecule is CCCNCCOc1cc(OC)c(OC)c(OC)c1. The molecule has 0 heterocycles. The van der Waals surface area contributed by atoms with E-state index in [2.05, 4.69) is 12.2 Å². The Morgan fingerprint density at radius 3 is 2.05 bits per heavy atom. The van der Waals surface area contributed by atoms with Crippen molar-refractivity contribution < 1.29 is 18.9 Å². The predicted molar refractivity (Wildman–Crippen MR) is 74.8 cm³/mol. The largest absolute Gasteiger partial charge is 0.493 e. The molecule has 0 atom stereocenters. The fourth-order valence-corrected chi connectivity index (χ4v) is 1.68. The standard InChI is InChI=1S/C14H23NO4/c1-5-6-15-7-8-19-11-9-12(16-2)14(18-4)13(10-11)17-3/h9-10,15H,5-8H2,1-4H3. The monoisotopic (exact) mass is 269 g/mol. The summed E-state index contributed by atoms with van der Waals surface area (Å²) < 4.78 is 21.4. The highest BCUT2D eigenvalue weighted by Crippen LogP contribution is 2.40. The van der Waals surface area contributed by atoms with Crippen molar-refractivity contribution in [1.82, 2.24) is 5.32 Å². The Labute approximate surface area is 114 Å². The van der Waals surface area contributed by atoms with Gasteiger partial charge >= 0.3 is 0 Å². The van der Waals surface area contributed by atoms with Crippen LogP contribution in [0.3, 0.4) is 0 Å². The minimum absolute atomic E-state index is 0.571. The molecule has 0 saturated heterocycles. The molecule has 5 heteroatoms. The van der Waals surface area contributed by atoms with Crippen molar-refractivity contribution in [3.05, 3.63) is 12.1 Å². The Balaban J connectivity index is 2.68. The molecule has 1 aromatic carbocycles. The van der Waals surface area contributed by atoms with E-state index in [1.807, 2.05) is 0 Å². The lowest BCUT2D eigenvalue weighted by atomic mass is 10.2. The summed E-state index contributed by atoms with van der Waals surface area (Å²) in [4.78, 5) is 0. The van der Waals surface area contributed by atoms with Crippen LogP contribution in [0.5, 0.6) is 23.0 Å². The normalized spacial score (nSPS) is 10.1. The van der Waals surface area contributed by atoms with Gasteiger partial charge in [0.1, 0.15) is 12.4 Å². The van der Waals surface area contributed by atoms with Crippen molar-refractivity contribution >= 4 is 0 Å². The average molecular weight is 269 g/mol. The van der Waals surface area contributed by atoms with Gasteiger partial charge in [-0.05, 0) is 13.0 Å². The first-order chi connectivity index (χ1) is 9.26. The van der Waals surface area contributed by atoms with Crippen LogP contribution >= 0.6 is 0 Å². The van der Waals surface area contributed by atoms with Gasteiger partial charge < -0.3 is 24.3 Å². The molecular weight excluding hydrogens is 246 g/mol. The molecule has 0 spiro atoms. The van der Waals surface area contributed by atoms with Crippen LogP contribution in [-0.4, -0.2) is 41.0 Å². The van der Waals surface area contributed by atoms with Crippen molar-refractivity contribution in [2.75, 3.05) is 41.0 Å². The third-order valence-corrected chi connectivity index (χ3v) is 2.61. The molecule has 0 aromatic heterocycles. The van der Waals surface area contributed by atoms with E-state index in [0.717, 1.165) is 19.5 Å². The molecule has 108 valence electrons. The summed E-state index contributed by atoms with van der Waals surface area (Å²) in [6, 6.07) is 3.59. The topological polar surface area (TPSA) is 49.0 Å². The molecule has 0 aliphatic heterocycles. The van der Waals surface area contributed by atoms with Crippen molar-refractivity contribution in [2.45, 2.75) is 13.3 Å². The summed E-state index contributed by atoms with van der Waals surface area (Å²) in [5.41, 5.74) is 0. The summed E-state index contributed by atoms with van der Waals surface area (Å²) >= 11 is 0. The van der Waals surface area contributed by atoms with Crippen molar-refractivity contribution in [3.63, 3.8) is 0 Å². The molecule has 1 rings (SSSR count). The molecule has 0 unspecified atom stereocenters. The molecule has 0 bridgehead atoms. The van der Waals surface area contributed by atoms with E-state index in [9.17, 15) is 0 Å². The molecular formula is C14H23NO4. The average Bonchev–Trinajstić information content (AvgIpc) is 2.45. The zero-order valence-electron chi connectivity index (χ0n) is 12.1. The number of methoxy groups -OCH3 is 3. The Kier molecular flexibility index (Phi) is 6.89. The van der Waals surface area contributed by atoms with E-state index in [1.54, 1.807) is 33.5 Å². The highest BCUT2D eigenvalue weighted by Gasteiger charge is 2.13. The number of hydrogen-bond donors (Lipinski definition) is 1. The molecule has 0 fully saturated rings. The number of rotatable bonds is 9. The van der Waals surface area contributed by atoms with Crippen LogP contribution in [0, 0.1) is 0 Å². The van der Waals surface area contributed by atoms with Gasteiger partial charge in [0.25, 0.3) is 0 Å². The van der Waals surface area contributed by atoms with E-state index in [0.29, 0.717) is 29.6 Å². The quantitative estimate of drug-likeness (QED) is 0.696. The Bertz CT molecular complexity index is 357. The molecule has 0 aliphatic carbocycles. The summed E-state index contributed by atoms with van der Waals surface area (Å²) in [6.45, 7) is 4.54. The van der Waals surface area contributed by atoms with Crippen molar-refractivity contribution in [2.24, 2.45) is 0 Å². The van der Waals surface area contributed by atoms with Crippen LogP contribution in [0.2, 0.25) is 0 Å². The highest BCUT2D eigenvalue weighted by atomic mass is 16.5. The van der Waals surface area contributed by atoms with E-state index >= 15 is 0 Å². The van der Waals surface area contributed by atoms with E-state index in [1.165, 1.54) is 0 Å². The second kappa shape index (κ2) is 8.48. The van der Waals surface area contributed by atoms with Crippen LogP contribution in [0.25, 0.3) is 0 Å². The lowest BCUT2D eigenvalue weighted by Gasteiger charge is -2.14. The van der Waals surface area contributed by atoms with Gasteiger partial charge in [0.05, 0.1) is 21.3 Å². The summed E-state index contributed by atoms with van der Waals surface area (Å²) in [6.07, 6.45) is 1.12. The highest BCUT2D eigenvalue weighted by molar-refractivity contribution is 5.55. The van der Waals surface area contributed by atoms with Crippen LogP contribution in [0.1, 0.15) is 13.3 Å². The number of ether oxygens (including phenoxy) is 4. The Morgan fingerprint density at radius 1 is 0.947 bits per heavy atom. The zero-order valence-corrected chi connectivity index (χ0v) is 12.1. The van der Waals surface area contributed by atoms with E-state index in [4.69, 9.17) is 18.9 Å². The lowest BCUT2D eigenvalue weighted by molar-refractivity contribution is 0.297. The van der Waals surface area contributed by atoms with Gasteiger partial charge in [-0.15, -0.1) is 0 Å². The molecule has 19 heavy (non-hydrogen) atoms. The molecule has 0 saturated carbocycles. The van der Waals surface area contributed by atoms with Gasteiger partial charge in [0.15, 0.2) is 11.5 Å². The Morgan fingerprint density at radius 2 is 1.58 bits per heavy atom. The van der Waals surface area contributed by atoms with E-state index in [-0.39, 0.29) is 0 Å². The van der Waals surface area contributed by atoms with Crippen LogP contribution in [-0.2, 0) is 0 Å².